The second kappa shape index (κ2) is 24.3. The van der Waals surface area contributed by atoms with E-state index in [1.807, 2.05) is 45.9 Å². The van der Waals surface area contributed by atoms with Gasteiger partial charge in [0.1, 0.15) is 66.0 Å². The van der Waals surface area contributed by atoms with E-state index >= 15 is 0 Å². The van der Waals surface area contributed by atoms with Gasteiger partial charge in [-0.1, -0.05) is 42.5 Å². The fourth-order valence-corrected chi connectivity index (χ4v) is 8.66. The quantitative estimate of drug-likeness (QED) is 0.0643. The molecule has 6 heterocycles. The number of halogens is 6. The van der Waals surface area contributed by atoms with E-state index < -0.39 is 105 Å². The average molecular weight is 1140 g/mol. The van der Waals surface area contributed by atoms with Gasteiger partial charge in [0, 0.05) is 107 Å². The SMILES string of the molecule is CO.C[C@H]1C=C[C@H](C)N2CN1C(=O)c1c(OCc3ccccc3)c(=O)c(C(=O)NCc3c(F)cc(F)cc3F)cn12.C[C@H]1CC[C@H](C)N2CN1C(=O)c1c(O)c(=O)c(C(=O)NCc3c(F)cc(F)cc3F)cn12.[CH3-].[Pd]. The van der Waals surface area contributed by atoms with Crippen molar-refractivity contribution in [3.8, 4) is 11.5 Å². The molecule has 9 rings (SSSR count). The molecule has 17 nitrogen and oxygen atoms in total. The predicted octanol–water partition coefficient (Wildman–Crippen LogP) is 5.35. The molecule has 404 valence electrons. The topological polar surface area (TPSA) is 199 Å². The van der Waals surface area contributed by atoms with Gasteiger partial charge in [0.15, 0.2) is 22.9 Å². The smallest absolute Gasteiger partial charge is 0.278 e. The molecule has 4 amide bonds. The Kier molecular flexibility index (Phi) is 18.9. The number of carbonyl (C=O) groups excluding carboxylic acids is 4. The van der Waals surface area contributed by atoms with Gasteiger partial charge in [0.05, 0.1) is 6.04 Å². The van der Waals surface area contributed by atoms with Crippen LogP contribution >= 0.6 is 0 Å². The normalized spacial score (nSPS) is 18.0. The van der Waals surface area contributed by atoms with Crippen molar-refractivity contribution < 1.29 is 80.9 Å². The van der Waals surface area contributed by atoms with Gasteiger partial charge in [0.2, 0.25) is 10.9 Å². The maximum atomic E-state index is 14.1. The van der Waals surface area contributed by atoms with Crippen molar-refractivity contribution in [2.45, 2.75) is 84.4 Å². The Hall–Kier alpha value is -7.42. The zero-order chi connectivity index (χ0) is 53.2. The van der Waals surface area contributed by atoms with Gasteiger partial charge in [-0.3, -0.25) is 48.1 Å². The molecule has 4 aliphatic rings. The van der Waals surface area contributed by atoms with Gasteiger partial charge in [-0.05, 0) is 46.1 Å². The van der Waals surface area contributed by atoms with Gasteiger partial charge in [-0.25, -0.2) is 26.3 Å². The molecule has 4 N–H and O–H groups in total. The number of rotatable bonds is 9. The molecule has 3 aromatic carbocycles. The molecule has 0 saturated carbocycles. The van der Waals surface area contributed by atoms with Crippen molar-refractivity contribution in [2.75, 3.05) is 30.5 Å². The standard InChI is InChI=1S/C28H25F3N4O4.C21H21F3N4O4.CH4O.CH3.Pd/c1-16-8-9-17(2)35-15-33(16)28(38)24-26(39-14-18-6-4-3-5-7-18)25(36)21(13-34(24)35)27(37)32-12-20-22(30)10-19(29)11-23(20)31;1-10-3-4-11(2)28-9-26(10)21(32)17-19(30)18(29)14(8-27(17)28)20(31)25-7-13-15(23)5-12(22)6-16(13)24;1-2;;/h3-11,13,16-17H,12,14-15H2,1-2H3,(H,32,37);5-6,8,10-11,30H,3-4,7,9H2,1-2H3,(H,25,31);2H,1H3;1H3;/q;;;-1;/t16-,17-;10-,11-;;;/m00.../s1. The molecule has 5 aromatic rings. The van der Waals surface area contributed by atoms with Crippen molar-refractivity contribution in [3.63, 3.8) is 0 Å². The first kappa shape index (κ1) is 58.5. The molecule has 4 bridgehead atoms. The van der Waals surface area contributed by atoms with Gasteiger partial charge in [-0.2, -0.15) is 0 Å². The van der Waals surface area contributed by atoms with E-state index in [2.05, 4.69) is 10.6 Å². The van der Waals surface area contributed by atoms with E-state index in [9.17, 15) is 60.2 Å². The Balaban J connectivity index is 0.000000266. The first-order valence-corrected chi connectivity index (χ1v) is 22.8. The van der Waals surface area contributed by atoms with Gasteiger partial charge >= 0.3 is 0 Å². The number of nitrogens with zero attached hydrogens (tertiary/aromatic N) is 6. The van der Waals surface area contributed by atoms with E-state index in [4.69, 9.17) is 9.84 Å². The third kappa shape index (κ3) is 11.8. The molecule has 0 unspecified atom stereocenters. The van der Waals surface area contributed by atoms with Crippen LogP contribution in [0.3, 0.4) is 0 Å². The average Bonchev–Trinajstić information content (AvgIpc) is 3.57. The first-order chi connectivity index (χ1) is 34.7. The van der Waals surface area contributed by atoms with Crippen molar-refractivity contribution in [1.82, 2.24) is 29.8 Å². The summed E-state index contributed by atoms with van der Waals surface area (Å²) in [6, 6.07) is 10.3. The van der Waals surface area contributed by atoms with E-state index in [1.54, 1.807) is 44.1 Å². The first-order valence-electron chi connectivity index (χ1n) is 22.8. The largest absolute Gasteiger partial charge is 0.502 e. The molecule has 0 spiro atoms. The molecular weight excluding hydrogens is 1090 g/mol. The summed E-state index contributed by atoms with van der Waals surface area (Å²) in [4.78, 5) is 81.8. The summed E-state index contributed by atoms with van der Waals surface area (Å²) in [5.41, 5.74) is -3.50. The zero-order valence-corrected chi connectivity index (χ0v) is 42.8. The van der Waals surface area contributed by atoms with E-state index in [-0.39, 0.29) is 94.7 Å². The van der Waals surface area contributed by atoms with Crippen LogP contribution in [0.1, 0.15) is 98.9 Å². The van der Waals surface area contributed by atoms with Crippen LogP contribution in [0, 0.1) is 42.3 Å². The Bertz CT molecular complexity index is 3100. The second-order valence-electron chi connectivity index (χ2n) is 17.5. The Labute approximate surface area is 440 Å². The number of carbonyl (C=O) groups is 4. The molecule has 2 aromatic heterocycles. The number of aliphatic hydroxyl groups excluding tert-OH is 1. The minimum Gasteiger partial charge on any atom is -0.502 e. The fraction of sp³-hybridized carbons (Fsp3) is 0.314. The monoisotopic (exact) mass is 1140 g/mol. The fourth-order valence-electron chi connectivity index (χ4n) is 8.66. The number of aromatic hydroxyl groups is 1. The molecule has 75 heavy (non-hydrogen) atoms. The summed E-state index contributed by atoms with van der Waals surface area (Å²) in [7, 11) is 1.00. The summed E-state index contributed by atoms with van der Waals surface area (Å²) in [5.74, 6) is -11.0. The molecule has 4 atom stereocenters. The summed E-state index contributed by atoms with van der Waals surface area (Å²) in [6.45, 7) is 6.64. The van der Waals surface area contributed by atoms with Crippen molar-refractivity contribution >= 4 is 23.6 Å². The van der Waals surface area contributed by atoms with Gasteiger partial charge < -0.3 is 42.8 Å². The maximum Gasteiger partial charge on any atom is 0.278 e. The van der Waals surface area contributed by atoms with Crippen molar-refractivity contribution in [3.05, 3.63) is 181 Å². The second-order valence-corrected chi connectivity index (χ2v) is 17.5. The minimum atomic E-state index is -1.19. The number of pyridine rings is 2. The molecule has 0 radical (unpaired) electrons. The number of fused-ring (bicyclic) bond motifs is 8. The number of hydrogen-bond donors (Lipinski definition) is 4. The molecular formula is C51H53F6N8O9Pd-. The minimum absolute atomic E-state index is 0. The summed E-state index contributed by atoms with van der Waals surface area (Å²) in [6.07, 6.45) is 7.64. The Morgan fingerprint density at radius 2 is 1.09 bits per heavy atom. The zero-order valence-electron chi connectivity index (χ0n) is 41.3. The van der Waals surface area contributed by atoms with Crippen LogP contribution in [0.15, 0.2) is 88.7 Å². The van der Waals surface area contributed by atoms with Crippen LogP contribution < -0.4 is 36.2 Å². The predicted molar refractivity (Wildman–Crippen MR) is 258 cm³/mol. The molecule has 4 aliphatic heterocycles. The van der Waals surface area contributed by atoms with Crippen LogP contribution in [0.2, 0.25) is 0 Å². The van der Waals surface area contributed by atoms with Crippen LogP contribution in [0.5, 0.6) is 11.5 Å². The van der Waals surface area contributed by atoms with Crippen LogP contribution in [-0.2, 0) is 40.1 Å². The third-order valence-corrected chi connectivity index (χ3v) is 12.8. The van der Waals surface area contributed by atoms with Gasteiger partial charge in [-0.15, -0.1) is 0 Å². The third-order valence-electron chi connectivity index (χ3n) is 12.8. The molecule has 1 fully saturated rings. The number of ether oxygens (including phenoxy) is 1. The van der Waals surface area contributed by atoms with Gasteiger partial charge in [0.25, 0.3) is 23.6 Å². The van der Waals surface area contributed by atoms with E-state index in [0.29, 0.717) is 24.3 Å². The Morgan fingerprint density at radius 3 is 1.63 bits per heavy atom. The Morgan fingerprint density at radius 1 is 0.640 bits per heavy atom. The number of hydrogen-bond acceptors (Lipinski definition) is 11. The molecule has 1 saturated heterocycles. The molecule has 24 heteroatoms. The maximum absolute atomic E-state index is 14.1. The number of aliphatic hydroxyl groups is 1. The van der Waals surface area contributed by atoms with Crippen LogP contribution in [0.25, 0.3) is 0 Å². The number of amides is 4. The summed E-state index contributed by atoms with van der Waals surface area (Å²) in [5, 5.41) is 25.6. The summed E-state index contributed by atoms with van der Waals surface area (Å²) < 4.78 is 90.9. The van der Waals surface area contributed by atoms with E-state index in [0.717, 1.165) is 31.7 Å². The van der Waals surface area contributed by atoms with E-state index in [1.165, 1.54) is 15.5 Å². The van der Waals surface area contributed by atoms with Crippen LogP contribution in [0.4, 0.5) is 26.3 Å². The van der Waals surface area contributed by atoms with Crippen molar-refractivity contribution in [1.29, 1.82) is 0 Å². The van der Waals surface area contributed by atoms with Crippen LogP contribution in [-0.4, -0.2) is 97.6 Å². The summed E-state index contributed by atoms with van der Waals surface area (Å²) >= 11 is 0. The number of aromatic nitrogens is 2. The molecule has 0 aliphatic carbocycles. The number of nitrogens with one attached hydrogen (secondary N) is 2. The number of benzene rings is 3. The van der Waals surface area contributed by atoms with Crippen molar-refractivity contribution in [2.24, 2.45) is 0 Å².